The van der Waals surface area contributed by atoms with Crippen molar-refractivity contribution in [1.29, 1.82) is 0 Å². The molecule has 1 aromatic carbocycles. The Kier molecular flexibility index (Phi) is 5.41. The fraction of sp³-hybridized carbons (Fsp3) is 0.650. The lowest BCUT2D eigenvalue weighted by molar-refractivity contribution is -0.139. The first-order valence-electron chi connectivity index (χ1n) is 10.2. The molecule has 4 rings (SSSR count). The van der Waals surface area contributed by atoms with Gasteiger partial charge in [-0.1, -0.05) is 12.8 Å². The Morgan fingerprint density at radius 1 is 1.07 bits per heavy atom. The smallest absolute Gasteiger partial charge is 0.243 e. The van der Waals surface area contributed by atoms with Gasteiger partial charge in [-0.3, -0.25) is 4.79 Å². The van der Waals surface area contributed by atoms with Gasteiger partial charge in [0.15, 0.2) is 11.6 Å². The fourth-order valence-corrected chi connectivity index (χ4v) is 6.63. The van der Waals surface area contributed by atoms with Crippen LogP contribution in [0.2, 0.25) is 0 Å². The van der Waals surface area contributed by atoms with Gasteiger partial charge < -0.3 is 9.80 Å². The van der Waals surface area contributed by atoms with Gasteiger partial charge in [-0.2, -0.15) is 4.31 Å². The molecular formula is C20H27F2N3O3S. The van der Waals surface area contributed by atoms with Crippen molar-refractivity contribution in [1.82, 2.24) is 14.1 Å². The van der Waals surface area contributed by atoms with Gasteiger partial charge in [0.1, 0.15) is 0 Å². The highest BCUT2D eigenvalue weighted by Crippen LogP contribution is 2.50. The van der Waals surface area contributed by atoms with Gasteiger partial charge in [-0.05, 0) is 43.5 Å². The van der Waals surface area contributed by atoms with Crippen LogP contribution in [0.4, 0.5) is 8.78 Å². The van der Waals surface area contributed by atoms with Crippen LogP contribution < -0.4 is 0 Å². The summed E-state index contributed by atoms with van der Waals surface area (Å²) in [6, 6.07) is 2.64. The van der Waals surface area contributed by atoms with Gasteiger partial charge in [0.05, 0.1) is 10.8 Å². The standard InChI is InChI=1S/C20H27F2N3O3S/c1-23-8-10-24(11-9-23)19(26)16-13-25(14-20(16)6-2-3-7-20)29(27,28)15-4-5-17(21)18(22)12-15/h4-5,12,16H,2-3,6-11,13-14H2,1H3. The molecule has 1 saturated carbocycles. The molecular weight excluding hydrogens is 400 g/mol. The molecule has 0 N–H and O–H groups in total. The fourth-order valence-electron chi connectivity index (χ4n) is 5.07. The monoisotopic (exact) mass is 427 g/mol. The minimum Gasteiger partial charge on any atom is -0.340 e. The van der Waals surface area contributed by atoms with Crippen molar-refractivity contribution in [2.24, 2.45) is 11.3 Å². The van der Waals surface area contributed by atoms with Crippen LogP contribution in [0.5, 0.6) is 0 Å². The lowest BCUT2D eigenvalue weighted by Crippen LogP contribution is -2.51. The van der Waals surface area contributed by atoms with Crippen molar-refractivity contribution in [3.05, 3.63) is 29.8 Å². The third-order valence-corrected chi connectivity index (χ3v) is 8.67. The second-order valence-electron chi connectivity index (χ2n) is 8.62. The van der Waals surface area contributed by atoms with Crippen LogP contribution in [0.25, 0.3) is 0 Å². The topological polar surface area (TPSA) is 60.9 Å². The van der Waals surface area contributed by atoms with Crippen molar-refractivity contribution in [2.45, 2.75) is 30.6 Å². The molecule has 1 aromatic rings. The maximum atomic E-state index is 13.6. The van der Waals surface area contributed by atoms with Crippen LogP contribution in [0, 0.1) is 23.0 Å². The van der Waals surface area contributed by atoms with Crippen LogP contribution in [0.3, 0.4) is 0 Å². The zero-order valence-electron chi connectivity index (χ0n) is 16.6. The summed E-state index contributed by atoms with van der Waals surface area (Å²) in [5.74, 6) is -2.62. The predicted octanol–water partition coefficient (Wildman–Crippen LogP) is 1.92. The van der Waals surface area contributed by atoms with E-state index in [1.165, 1.54) is 4.31 Å². The van der Waals surface area contributed by atoms with Crippen LogP contribution in [-0.4, -0.2) is 74.7 Å². The largest absolute Gasteiger partial charge is 0.340 e. The normalized spacial score (nSPS) is 25.8. The zero-order valence-corrected chi connectivity index (χ0v) is 17.4. The Hall–Kier alpha value is -1.58. The van der Waals surface area contributed by atoms with Crippen molar-refractivity contribution >= 4 is 15.9 Å². The van der Waals surface area contributed by atoms with Crippen LogP contribution >= 0.6 is 0 Å². The molecule has 1 amide bonds. The molecule has 2 aliphatic heterocycles. The van der Waals surface area contributed by atoms with Gasteiger partial charge in [0.2, 0.25) is 15.9 Å². The third-order valence-electron chi connectivity index (χ3n) is 6.86. The van der Waals surface area contributed by atoms with E-state index in [2.05, 4.69) is 4.90 Å². The number of hydrogen-bond donors (Lipinski definition) is 0. The van der Waals surface area contributed by atoms with E-state index in [0.717, 1.165) is 57.0 Å². The Labute approximate surface area is 170 Å². The number of hydrogen-bond acceptors (Lipinski definition) is 4. The van der Waals surface area contributed by atoms with E-state index in [1.54, 1.807) is 0 Å². The van der Waals surface area contributed by atoms with Crippen LogP contribution in [0.1, 0.15) is 25.7 Å². The number of amides is 1. The molecule has 0 radical (unpaired) electrons. The second-order valence-corrected chi connectivity index (χ2v) is 10.6. The number of carbonyl (C=O) groups excluding carboxylic acids is 1. The van der Waals surface area contributed by atoms with Crippen molar-refractivity contribution < 1.29 is 22.0 Å². The summed E-state index contributed by atoms with van der Waals surface area (Å²) in [5, 5.41) is 0. The molecule has 1 aliphatic carbocycles. The number of carbonyl (C=O) groups is 1. The lowest BCUT2D eigenvalue weighted by atomic mass is 9.76. The Balaban J connectivity index is 1.60. The molecule has 3 fully saturated rings. The average molecular weight is 428 g/mol. The molecule has 6 nitrogen and oxygen atoms in total. The van der Waals surface area contributed by atoms with Crippen molar-refractivity contribution in [3.8, 4) is 0 Å². The molecule has 9 heteroatoms. The summed E-state index contributed by atoms with van der Waals surface area (Å²) < 4.78 is 54.5. The van der Waals surface area contributed by atoms with E-state index in [1.807, 2.05) is 11.9 Å². The highest BCUT2D eigenvalue weighted by atomic mass is 32.2. The maximum absolute atomic E-state index is 13.6. The highest BCUT2D eigenvalue weighted by molar-refractivity contribution is 7.89. The first-order valence-corrected chi connectivity index (χ1v) is 11.6. The third kappa shape index (κ3) is 3.68. The number of rotatable bonds is 3. The van der Waals surface area contributed by atoms with Crippen LogP contribution in [-0.2, 0) is 14.8 Å². The summed E-state index contributed by atoms with van der Waals surface area (Å²) in [4.78, 5) is 17.1. The van der Waals surface area contributed by atoms with Crippen molar-refractivity contribution in [2.75, 3.05) is 46.3 Å². The van der Waals surface area contributed by atoms with E-state index < -0.39 is 21.7 Å². The molecule has 160 valence electrons. The number of nitrogens with zero attached hydrogens (tertiary/aromatic N) is 3. The number of likely N-dealkylation sites (N-methyl/N-ethyl adjacent to an activating group) is 1. The van der Waals surface area contributed by atoms with Gasteiger partial charge >= 0.3 is 0 Å². The quantitative estimate of drug-likeness (QED) is 0.740. The van der Waals surface area contributed by atoms with Gasteiger partial charge in [0, 0.05) is 39.3 Å². The van der Waals surface area contributed by atoms with Gasteiger partial charge in [0.25, 0.3) is 0 Å². The SMILES string of the molecule is CN1CCN(C(=O)C2CN(S(=O)(=O)c3ccc(F)c(F)c3)CC23CCCC3)CC1. The first kappa shape index (κ1) is 20.7. The number of piperazine rings is 1. The van der Waals surface area contributed by atoms with Gasteiger partial charge in [-0.15, -0.1) is 0 Å². The Morgan fingerprint density at radius 3 is 2.34 bits per heavy atom. The zero-order chi connectivity index (χ0) is 20.8. The average Bonchev–Trinajstić information content (AvgIpc) is 3.32. The number of sulfonamides is 1. The molecule has 3 aliphatic rings. The van der Waals surface area contributed by atoms with Crippen LogP contribution in [0.15, 0.2) is 23.1 Å². The van der Waals surface area contributed by atoms with E-state index in [-0.39, 0.29) is 35.2 Å². The summed E-state index contributed by atoms with van der Waals surface area (Å²) >= 11 is 0. The van der Waals surface area contributed by atoms with E-state index in [0.29, 0.717) is 13.1 Å². The number of halogens is 2. The van der Waals surface area contributed by atoms with Gasteiger partial charge in [-0.25, -0.2) is 17.2 Å². The lowest BCUT2D eigenvalue weighted by Gasteiger charge is -2.37. The summed E-state index contributed by atoms with van der Waals surface area (Å²) in [6.07, 6.45) is 3.60. The molecule has 1 atom stereocenters. The minimum atomic E-state index is -4.00. The number of benzene rings is 1. The van der Waals surface area contributed by atoms with E-state index in [9.17, 15) is 22.0 Å². The Morgan fingerprint density at radius 2 is 1.72 bits per heavy atom. The molecule has 0 bridgehead atoms. The molecule has 1 spiro atoms. The summed E-state index contributed by atoms with van der Waals surface area (Å²) in [5.41, 5.74) is -0.355. The molecule has 2 heterocycles. The van der Waals surface area contributed by atoms with E-state index in [4.69, 9.17) is 0 Å². The maximum Gasteiger partial charge on any atom is 0.243 e. The minimum absolute atomic E-state index is 0.0305. The Bertz CT molecular complexity index is 894. The molecule has 29 heavy (non-hydrogen) atoms. The van der Waals surface area contributed by atoms with Crippen molar-refractivity contribution in [3.63, 3.8) is 0 Å². The second kappa shape index (κ2) is 7.59. The first-order chi connectivity index (χ1) is 13.7. The van der Waals surface area contributed by atoms with E-state index >= 15 is 0 Å². The molecule has 2 saturated heterocycles. The molecule has 1 unspecified atom stereocenters. The molecule has 0 aromatic heterocycles. The summed E-state index contributed by atoms with van der Waals surface area (Å²) in [6.45, 7) is 3.28. The summed E-state index contributed by atoms with van der Waals surface area (Å²) in [7, 11) is -1.98. The highest BCUT2D eigenvalue weighted by Gasteiger charge is 2.54. The predicted molar refractivity (Wildman–Crippen MR) is 104 cm³/mol.